The lowest BCUT2D eigenvalue weighted by Gasteiger charge is -2.08. The number of nitrogens with zero attached hydrogens (tertiary/aromatic N) is 2. The van der Waals surface area contributed by atoms with E-state index in [2.05, 4.69) is 20.8 Å². The number of rotatable bonds is 7. The number of nitrogen functional groups attached to an aromatic ring is 1. The number of aromatic nitrogens is 2. The van der Waals surface area contributed by atoms with Gasteiger partial charge in [0.2, 0.25) is 5.13 Å². The number of hydrogen-bond donors (Lipinski definition) is 3. The van der Waals surface area contributed by atoms with Gasteiger partial charge in [0.1, 0.15) is 5.01 Å². The number of amides is 2. The number of nitrogens with one attached hydrogen (secondary N) is 2. The van der Waals surface area contributed by atoms with Gasteiger partial charge < -0.3 is 16.4 Å². The van der Waals surface area contributed by atoms with Gasteiger partial charge in [-0.1, -0.05) is 35.6 Å². The molecule has 138 valence electrons. The second-order valence-corrected chi connectivity index (χ2v) is 6.89. The summed E-state index contributed by atoms with van der Waals surface area (Å²) in [6.45, 7) is 0.513. The van der Waals surface area contributed by atoms with Gasteiger partial charge in [-0.2, -0.15) is 0 Å². The summed E-state index contributed by atoms with van der Waals surface area (Å²) >= 11 is 1.35. The summed E-state index contributed by atoms with van der Waals surface area (Å²) in [4.78, 5) is 24.5. The molecule has 0 aliphatic rings. The van der Waals surface area contributed by atoms with E-state index in [1.807, 2.05) is 6.07 Å². The molecule has 27 heavy (non-hydrogen) atoms. The number of carbonyl (C=O) groups is 2. The summed E-state index contributed by atoms with van der Waals surface area (Å²) < 4.78 is 0. The first-order valence-corrected chi connectivity index (χ1v) is 9.26. The summed E-state index contributed by atoms with van der Waals surface area (Å²) in [6.07, 6.45) is 1.45. The van der Waals surface area contributed by atoms with Crippen LogP contribution in [-0.4, -0.2) is 28.6 Å². The van der Waals surface area contributed by atoms with Crippen LogP contribution in [0.4, 0.5) is 10.8 Å². The van der Waals surface area contributed by atoms with Gasteiger partial charge in [-0.25, -0.2) is 0 Å². The zero-order valence-corrected chi connectivity index (χ0v) is 15.3. The minimum atomic E-state index is -0.218. The second kappa shape index (κ2) is 8.91. The molecule has 0 radical (unpaired) electrons. The minimum absolute atomic E-state index is 0.192. The van der Waals surface area contributed by atoms with E-state index in [9.17, 15) is 9.59 Å². The Labute approximate surface area is 160 Å². The first-order chi connectivity index (χ1) is 13.1. The highest BCUT2D eigenvalue weighted by molar-refractivity contribution is 7.15. The molecule has 0 saturated heterocycles. The highest BCUT2D eigenvalue weighted by Crippen LogP contribution is 2.14. The zero-order chi connectivity index (χ0) is 19.1. The third-order valence-electron chi connectivity index (χ3n) is 3.75. The van der Waals surface area contributed by atoms with Gasteiger partial charge in [0.05, 0.1) is 0 Å². The Morgan fingerprint density at radius 1 is 0.963 bits per heavy atom. The highest BCUT2D eigenvalue weighted by Gasteiger charge is 2.09. The molecule has 0 aliphatic carbocycles. The number of anilines is 2. The van der Waals surface area contributed by atoms with E-state index in [1.165, 1.54) is 11.3 Å². The molecule has 0 unspecified atom stereocenters. The van der Waals surface area contributed by atoms with Crippen molar-refractivity contribution < 1.29 is 9.59 Å². The van der Waals surface area contributed by atoms with Crippen molar-refractivity contribution in [1.82, 2.24) is 15.5 Å². The summed E-state index contributed by atoms with van der Waals surface area (Å²) in [7, 11) is 0. The Morgan fingerprint density at radius 3 is 2.48 bits per heavy atom. The standard InChI is InChI=1S/C19H19N5O2S/c20-19-24-23-16(27-19)10-5-11-21-17(25)14-8-4-9-15(12-14)22-18(26)13-6-2-1-3-7-13/h1-4,6-9,12H,5,10-11H2,(H2,20,24)(H,21,25)(H,22,26). The molecule has 0 spiro atoms. The molecule has 0 aliphatic heterocycles. The van der Waals surface area contributed by atoms with Crippen LogP contribution in [0.15, 0.2) is 54.6 Å². The molecule has 1 aromatic heterocycles. The summed E-state index contributed by atoms with van der Waals surface area (Å²) in [5.41, 5.74) is 7.16. The van der Waals surface area contributed by atoms with E-state index in [4.69, 9.17) is 5.73 Å². The van der Waals surface area contributed by atoms with Gasteiger partial charge in [0.25, 0.3) is 11.8 Å². The maximum Gasteiger partial charge on any atom is 0.255 e. The maximum absolute atomic E-state index is 12.3. The smallest absolute Gasteiger partial charge is 0.255 e. The Morgan fingerprint density at radius 2 is 1.74 bits per heavy atom. The molecule has 0 atom stereocenters. The molecule has 3 aromatic rings. The molecule has 7 nitrogen and oxygen atoms in total. The van der Waals surface area contributed by atoms with E-state index < -0.39 is 0 Å². The highest BCUT2D eigenvalue weighted by atomic mass is 32.1. The lowest BCUT2D eigenvalue weighted by atomic mass is 10.1. The summed E-state index contributed by atoms with van der Waals surface area (Å²) in [5.74, 6) is -0.410. The third kappa shape index (κ3) is 5.35. The van der Waals surface area contributed by atoms with Crippen molar-refractivity contribution in [2.75, 3.05) is 17.6 Å². The predicted octanol–water partition coefficient (Wildman–Crippen LogP) is 2.74. The number of nitrogens with two attached hydrogens (primary N) is 1. The Bertz CT molecular complexity index is 927. The predicted molar refractivity (Wildman–Crippen MR) is 106 cm³/mol. The van der Waals surface area contributed by atoms with Crippen LogP contribution in [0.3, 0.4) is 0 Å². The first-order valence-electron chi connectivity index (χ1n) is 8.44. The zero-order valence-electron chi connectivity index (χ0n) is 14.5. The van der Waals surface area contributed by atoms with Crippen LogP contribution in [0.2, 0.25) is 0 Å². The molecular formula is C19H19N5O2S. The molecule has 4 N–H and O–H groups in total. The molecule has 0 fully saturated rings. The van der Waals surface area contributed by atoms with Crippen molar-refractivity contribution in [2.24, 2.45) is 0 Å². The van der Waals surface area contributed by atoms with Crippen molar-refractivity contribution in [2.45, 2.75) is 12.8 Å². The average molecular weight is 381 g/mol. The topological polar surface area (TPSA) is 110 Å². The van der Waals surface area contributed by atoms with Crippen LogP contribution in [0.1, 0.15) is 32.1 Å². The van der Waals surface area contributed by atoms with Crippen molar-refractivity contribution in [1.29, 1.82) is 0 Å². The third-order valence-corrected chi connectivity index (χ3v) is 4.57. The molecular weight excluding hydrogens is 362 g/mol. The monoisotopic (exact) mass is 381 g/mol. The van der Waals surface area contributed by atoms with E-state index in [0.717, 1.165) is 11.4 Å². The molecule has 1 heterocycles. The Hall–Kier alpha value is -3.26. The van der Waals surface area contributed by atoms with Crippen molar-refractivity contribution in [3.8, 4) is 0 Å². The van der Waals surface area contributed by atoms with Crippen molar-refractivity contribution >= 4 is 34.0 Å². The van der Waals surface area contributed by atoms with Crippen molar-refractivity contribution in [3.05, 3.63) is 70.7 Å². The van der Waals surface area contributed by atoms with Gasteiger partial charge in [-0.3, -0.25) is 9.59 Å². The van der Waals surface area contributed by atoms with Crippen LogP contribution >= 0.6 is 11.3 Å². The van der Waals surface area contributed by atoms with E-state index in [1.54, 1.807) is 48.5 Å². The fraction of sp³-hybridized carbons (Fsp3) is 0.158. The fourth-order valence-corrected chi connectivity index (χ4v) is 3.09. The second-order valence-electron chi connectivity index (χ2n) is 5.79. The molecule has 8 heteroatoms. The van der Waals surface area contributed by atoms with Gasteiger partial charge in [0.15, 0.2) is 0 Å². The van der Waals surface area contributed by atoms with Gasteiger partial charge >= 0.3 is 0 Å². The molecule has 0 saturated carbocycles. The summed E-state index contributed by atoms with van der Waals surface area (Å²) in [5, 5.41) is 14.7. The number of carbonyl (C=O) groups excluding carboxylic acids is 2. The maximum atomic E-state index is 12.3. The fourth-order valence-electron chi connectivity index (χ4n) is 2.44. The molecule has 2 amide bonds. The van der Waals surface area contributed by atoms with Gasteiger partial charge in [0, 0.05) is 29.8 Å². The summed E-state index contributed by atoms with van der Waals surface area (Å²) in [6, 6.07) is 15.8. The van der Waals surface area contributed by atoms with E-state index in [-0.39, 0.29) is 11.8 Å². The number of benzene rings is 2. The van der Waals surface area contributed by atoms with Gasteiger partial charge in [-0.05, 0) is 36.8 Å². The lowest BCUT2D eigenvalue weighted by molar-refractivity contribution is 0.0951. The normalized spacial score (nSPS) is 10.4. The number of aryl methyl sites for hydroxylation is 1. The largest absolute Gasteiger partial charge is 0.374 e. The van der Waals surface area contributed by atoms with E-state index in [0.29, 0.717) is 34.9 Å². The van der Waals surface area contributed by atoms with Crippen LogP contribution in [-0.2, 0) is 6.42 Å². The van der Waals surface area contributed by atoms with Gasteiger partial charge in [-0.15, -0.1) is 10.2 Å². The molecule has 0 bridgehead atoms. The number of hydrogen-bond acceptors (Lipinski definition) is 6. The van der Waals surface area contributed by atoms with Crippen LogP contribution in [0, 0.1) is 0 Å². The Kier molecular flexibility index (Phi) is 6.11. The van der Waals surface area contributed by atoms with Crippen LogP contribution in [0.25, 0.3) is 0 Å². The quantitative estimate of drug-likeness (QED) is 0.545. The molecule has 3 rings (SSSR count). The first kappa shape index (κ1) is 18.5. The van der Waals surface area contributed by atoms with Crippen LogP contribution in [0.5, 0.6) is 0 Å². The van der Waals surface area contributed by atoms with Crippen LogP contribution < -0.4 is 16.4 Å². The molecule has 2 aromatic carbocycles. The average Bonchev–Trinajstić information content (AvgIpc) is 3.11. The lowest BCUT2D eigenvalue weighted by Crippen LogP contribution is -2.25. The SMILES string of the molecule is Nc1nnc(CCCNC(=O)c2cccc(NC(=O)c3ccccc3)c2)s1. The minimum Gasteiger partial charge on any atom is -0.374 e. The van der Waals surface area contributed by atoms with Crippen molar-refractivity contribution in [3.63, 3.8) is 0 Å². The Balaban J connectivity index is 1.51. The van der Waals surface area contributed by atoms with E-state index >= 15 is 0 Å².